The zero-order valence-electron chi connectivity index (χ0n) is 34.9. The Morgan fingerprint density at radius 2 is 1.03 bits per heavy atom. The normalized spacial score (nSPS) is 17.6. The first-order chi connectivity index (χ1) is 30.5. The SMILES string of the molecule is CC1(C)c2ccccc2C2(c3ccccc3-c3cc(-c4c(-c5cccc(C6N=C(c7ccccc7)NC(c7ccccc7)[NH2+]6)c5)ccc5ccccc45)ccc32)c2ccccc21. The number of nitrogens with two attached hydrogens (primary N) is 1. The Morgan fingerprint density at radius 3 is 1.79 bits per heavy atom. The molecule has 1 aliphatic heterocycles. The summed E-state index contributed by atoms with van der Waals surface area (Å²) in [6, 6.07) is 78.6. The van der Waals surface area contributed by atoms with E-state index >= 15 is 0 Å². The van der Waals surface area contributed by atoms with Crippen LogP contribution in [-0.4, -0.2) is 5.84 Å². The van der Waals surface area contributed by atoms with Crippen LogP contribution in [0.2, 0.25) is 0 Å². The van der Waals surface area contributed by atoms with Gasteiger partial charge in [0, 0.05) is 22.1 Å². The molecule has 2 aliphatic carbocycles. The number of rotatable bonds is 5. The lowest BCUT2D eigenvalue weighted by Gasteiger charge is -2.46. The molecule has 0 bridgehead atoms. The van der Waals surface area contributed by atoms with Crippen LogP contribution in [0.4, 0.5) is 0 Å². The standard InChI is InChI=1S/C59H45N3/c1-58(2)50-28-13-15-30-52(50)59(53-31-16-14-29-51(53)58)48-27-12-11-26-46(48)47-37-42(33-35-49(47)59)54-44-25-10-9-18-38(44)32-34-45(54)41-23-17-24-43(36-41)57-61-55(39-19-5-3-6-20-39)60-56(62-57)40-21-7-4-8-22-40/h3-37,55,57,61H,1-2H3,(H,60,62)/p+1. The van der Waals surface area contributed by atoms with E-state index in [0.29, 0.717) is 0 Å². The van der Waals surface area contributed by atoms with Crippen molar-refractivity contribution in [1.82, 2.24) is 5.32 Å². The number of fused-ring (bicyclic) bond motifs is 10. The summed E-state index contributed by atoms with van der Waals surface area (Å²) in [6.07, 6.45) is -0.125. The van der Waals surface area contributed by atoms with Gasteiger partial charge in [0.15, 0.2) is 6.17 Å². The number of aliphatic imine (C=N–C) groups is 1. The van der Waals surface area contributed by atoms with Gasteiger partial charge in [-0.05, 0) is 89.7 Å². The molecule has 2 atom stereocenters. The van der Waals surface area contributed by atoms with Crippen molar-refractivity contribution < 1.29 is 5.32 Å². The van der Waals surface area contributed by atoms with Crippen LogP contribution in [0.3, 0.4) is 0 Å². The molecule has 3 heteroatoms. The molecule has 3 aliphatic rings. The zero-order valence-corrected chi connectivity index (χ0v) is 34.9. The summed E-state index contributed by atoms with van der Waals surface area (Å²) in [5, 5.41) is 8.56. The molecule has 0 amide bonds. The Labute approximate surface area is 363 Å². The Bertz CT molecular complexity index is 3180. The number of quaternary nitrogens is 1. The minimum absolute atomic E-state index is 0.0144. The van der Waals surface area contributed by atoms with Crippen LogP contribution in [0.5, 0.6) is 0 Å². The lowest BCUT2D eigenvalue weighted by Crippen LogP contribution is -2.90. The molecule has 9 aromatic carbocycles. The van der Waals surface area contributed by atoms with Gasteiger partial charge >= 0.3 is 0 Å². The average molecular weight is 797 g/mol. The van der Waals surface area contributed by atoms with Crippen molar-refractivity contribution in [3.05, 3.63) is 262 Å². The molecule has 0 saturated carbocycles. The maximum absolute atomic E-state index is 5.36. The molecular weight excluding hydrogens is 751 g/mol. The number of nitrogens with one attached hydrogen (secondary N) is 1. The fourth-order valence-corrected chi connectivity index (χ4v) is 11.1. The van der Waals surface area contributed by atoms with Crippen LogP contribution in [0.25, 0.3) is 44.2 Å². The molecule has 2 unspecified atom stereocenters. The van der Waals surface area contributed by atoms with Gasteiger partial charge in [-0.2, -0.15) is 0 Å². The molecule has 296 valence electrons. The quantitative estimate of drug-likeness (QED) is 0.179. The summed E-state index contributed by atoms with van der Waals surface area (Å²) in [6.45, 7) is 4.78. The fourth-order valence-electron chi connectivity index (χ4n) is 11.1. The van der Waals surface area contributed by atoms with Gasteiger partial charge in [-0.25, -0.2) is 4.99 Å². The van der Waals surface area contributed by atoms with E-state index in [1.807, 2.05) is 0 Å². The molecule has 62 heavy (non-hydrogen) atoms. The van der Waals surface area contributed by atoms with Crippen LogP contribution in [0, 0.1) is 0 Å². The third-order valence-electron chi connectivity index (χ3n) is 14.0. The van der Waals surface area contributed by atoms with Crippen LogP contribution in [-0.2, 0) is 10.8 Å². The van der Waals surface area contributed by atoms with Crippen molar-refractivity contribution in [3.8, 4) is 33.4 Å². The molecule has 0 saturated heterocycles. The third-order valence-corrected chi connectivity index (χ3v) is 14.0. The van der Waals surface area contributed by atoms with Crippen LogP contribution < -0.4 is 10.6 Å². The molecule has 3 nitrogen and oxygen atoms in total. The minimum Gasteiger partial charge on any atom is -0.317 e. The van der Waals surface area contributed by atoms with Gasteiger partial charge < -0.3 is 5.32 Å². The fraction of sp³-hybridized carbons (Fsp3) is 0.102. The Kier molecular flexibility index (Phi) is 8.32. The van der Waals surface area contributed by atoms with Gasteiger partial charge in [0.05, 0.1) is 5.41 Å². The molecule has 1 spiro atoms. The van der Waals surface area contributed by atoms with Crippen LogP contribution in [0.15, 0.2) is 217 Å². The second-order valence-corrected chi connectivity index (χ2v) is 17.6. The zero-order chi connectivity index (χ0) is 41.4. The molecule has 0 fully saturated rings. The largest absolute Gasteiger partial charge is 0.317 e. The lowest BCUT2D eigenvalue weighted by atomic mass is 9.55. The number of hydrogen-bond donors (Lipinski definition) is 2. The maximum atomic E-state index is 5.36. The summed E-state index contributed by atoms with van der Waals surface area (Å²) >= 11 is 0. The summed E-state index contributed by atoms with van der Waals surface area (Å²) < 4.78 is 0. The smallest absolute Gasteiger partial charge is 0.209 e. The maximum Gasteiger partial charge on any atom is 0.209 e. The third kappa shape index (κ3) is 5.45. The molecule has 0 aromatic heterocycles. The summed E-state index contributed by atoms with van der Waals surface area (Å²) in [4.78, 5) is 5.36. The van der Waals surface area contributed by atoms with Crippen LogP contribution >= 0.6 is 0 Å². The van der Waals surface area contributed by atoms with Crippen molar-refractivity contribution in [2.24, 2.45) is 4.99 Å². The van der Waals surface area contributed by atoms with E-state index in [1.54, 1.807) is 0 Å². The van der Waals surface area contributed by atoms with Crippen molar-refractivity contribution in [2.45, 2.75) is 37.0 Å². The highest BCUT2D eigenvalue weighted by molar-refractivity contribution is 6.05. The Morgan fingerprint density at radius 1 is 0.435 bits per heavy atom. The number of hydrogen-bond acceptors (Lipinski definition) is 2. The second-order valence-electron chi connectivity index (χ2n) is 17.6. The van der Waals surface area contributed by atoms with Gasteiger partial charge in [0.1, 0.15) is 5.84 Å². The van der Waals surface area contributed by atoms with E-state index in [1.165, 1.54) is 88.7 Å². The van der Waals surface area contributed by atoms with Gasteiger partial charge in [0.25, 0.3) is 0 Å². The molecule has 1 heterocycles. The number of nitrogens with zero attached hydrogens (tertiary/aromatic N) is 1. The van der Waals surface area contributed by atoms with Crippen LogP contribution in [0.1, 0.15) is 76.3 Å². The Balaban J connectivity index is 1.04. The van der Waals surface area contributed by atoms with Gasteiger partial charge in [0.2, 0.25) is 6.17 Å². The Hall–Kier alpha value is -7.33. The highest BCUT2D eigenvalue weighted by atomic mass is 15.3. The first kappa shape index (κ1) is 36.5. The van der Waals surface area contributed by atoms with Crippen molar-refractivity contribution in [1.29, 1.82) is 0 Å². The van der Waals surface area contributed by atoms with Gasteiger partial charge in [-0.15, -0.1) is 0 Å². The lowest BCUT2D eigenvalue weighted by molar-refractivity contribution is -0.739. The van der Waals surface area contributed by atoms with Gasteiger partial charge in [-0.3, -0.25) is 5.32 Å². The summed E-state index contributed by atoms with van der Waals surface area (Å²) in [5.41, 5.74) is 18.6. The van der Waals surface area contributed by atoms with E-state index in [2.05, 4.69) is 237 Å². The first-order valence-corrected chi connectivity index (χ1v) is 21.9. The summed E-state index contributed by atoms with van der Waals surface area (Å²) in [7, 11) is 0. The van der Waals surface area contributed by atoms with E-state index in [-0.39, 0.29) is 17.7 Å². The molecule has 12 rings (SSSR count). The predicted octanol–water partition coefficient (Wildman–Crippen LogP) is 12.5. The number of amidine groups is 1. The first-order valence-electron chi connectivity index (χ1n) is 21.9. The van der Waals surface area contributed by atoms with E-state index < -0.39 is 5.41 Å². The van der Waals surface area contributed by atoms with Crippen molar-refractivity contribution >= 4 is 16.6 Å². The molecule has 0 radical (unpaired) electrons. The predicted molar refractivity (Wildman–Crippen MR) is 254 cm³/mol. The van der Waals surface area contributed by atoms with Crippen molar-refractivity contribution in [3.63, 3.8) is 0 Å². The van der Waals surface area contributed by atoms with Crippen molar-refractivity contribution in [2.75, 3.05) is 0 Å². The molecular formula is C59H46N3+. The second kappa shape index (κ2) is 14.1. The molecule has 9 aromatic rings. The van der Waals surface area contributed by atoms with E-state index in [0.717, 1.165) is 11.4 Å². The minimum atomic E-state index is -0.425. The monoisotopic (exact) mass is 796 g/mol. The molecule has 3 N–H and O–H groups in total. The van der Waals surface area contributed by atoms with E-state index in [9.17, 15) is 0 Å². The topological polar surface area (TPSA) is 41.0 Å². The highest BCUT2D eigenvalue weighted by Gasteiger charge is 2.53. The van der Waals surface area contributed by atoms with E-state index in [4.69, 9.17) is 4.99 Å². The summed E-state index contributed by atoms with van der Waals surface area (Å²) in [5.74, 6) is 0.909. The highest BCUT2D eigenvalue weighted by Crippen LogP contribution is 2.62. The average Bonchev–Trinajstić information content (AvgIpc) is 3.63. The van der Waals surface area contributed by atoms with Gasteiger partial charge in [-0.1, -0.05) is 214 Å². The number of benzene rings is 9.